The van der Waals surface area contributed by atoms with Gasteiger partial charge < -0.3 is 15.2 Å². The van der Waals surface area contributed by atoms with Crippen LogP contribution in [0, 0.1) is 0 Å². The van der Waals surface area contributed by atoms with Gasteiger partial charge in [-0.2, -0.15) is 13.2 Å². The molecule has 3 aromatic carbocycles. The Morgan fingerprint density at radius 1 is 0.912 bits per heavy atom. The van der Waals surface area contributed by atoms with E-state index in [-0.39, 0.29) is 30.9 Å². The number of carbonyl (C=O) groups is 2. The highest BCUT2D eigenvalue weighted by molar-refractivity contribution is 5.81. The van der Waals surface area contributed by atoms with E-state index in [4.69, 9.17) is 4.74 Å². The smallest absolute Gasteiger partial charge is 0.416 e. The zero-order chi connectivity index (χ0) is 24.3. The summed E-state index contributed by atoms with van der Waals surface area (Å²) in [6.45, 7) is 0.00308. The van der Waals surface area contributed by atoms with E-state index in [1.54, 1.807) is 0 Å². The Hall–Kier alpha value is -3.81. The number of fused-ring (bicyclic) bond motifs is 3. The van der Waals surface area contributed by atoms with Crippen molar-refractivity contribution in [1.82, 2.24) is 5.32 Å². The van der Waals surface area contributed by atoms with Crippen LogP contribution < -0.4 is 5.32 Å². The molecule has 2 N–H and O–H groups in total. The first kappa shape index (κ1) is 23.4. The maximum Gasteiger partial charge on any atom is 0.416 e. The van der Waals surface area contributed by atoms with E-state index >= 15 is 0 Å². The molecule has 0 aliphatic heterocycles. The number of hydrogen-bond acceptors (Lipinski definition) is 3. The highest BCUT2D eigenvalue weighted by Crippen LogP contribution is 2.44. The van der Waals surface area contributed by atoms with Crippen LogP contribution in [0.1, 0.15) is 34.6 Å². The number of aliphatic carboxylic acids is 1. The van der Waals surface area contributed by atoms with Gasteiger partial charge in [0.2, 0.25) is 0 Å². The minimum atomic E-state index is -4.55. The molecule has 1 amide bonds. The normalized spacial score (nSPS) is 13.6. The van der Waals surface area contributed by atoms with Crippen molar-refractivity contribution in [3.63, 3.8) is 0 Å². The fraction of sp³-hybridized carbons (Fsp3) is 0.231. The SMILES string of the molecule is O=C(N[C@@H](CCc1ccccc1C(F)(F)F)C(=O)O)OCC1c2ccccc2-c2ccccc21. The number of benzene rings is 3. The van der Waals surface area contributed by atoms with E-state index in [1.165, 1.54) is 18.2 Å². The van der Waals surface area contributed by atoms with E-state index in [1.807, 2.05) is 48.5 Å². The highest BCUT2D eigenvalue weighted by Gasteiger charge is 2.33. The molecule has 0 saturated carbocycles. The Labute approximate surface area is 194 Å². The van der Waals surface area contributed by atoms with Gasteiger partial charge in [0.05, 0.1) is 5.56 Å². The summed E-state index contributed by atoms with van der Waals surface area (Å²) < 4.78 is 44.9. The Morgan fingerprint density at radius 2 is 1.47 bits per heavy atom. The Kier molecular flexibility index (Phi) is 6.58. The van der Waals surface area contributed by atoms with Crippen molar-refractivity contribution in [2.45, 2.75) is 31.0 Å². The molecule has 0 radical (unpaired) electrons. The van der Waals surface area contributed by atoms with Gasteiger partial charge in [-0.3, -0.25) is 0 Å². The molecule has 4 rings (SSSR count). The van der Waals surface area contributed by atoms with Gasteiger partial charge in [0.25, 0.3) is 0 Å². The number of carboxylic acid groups (broad SMARTS) is 1. The quantitative estimate of drug-likeness (QED) is 0.470. The molecule has 3 aromatic rings. The molecule has 34 heavy (non-hydrogen) atoms. The largest absolute Gasteiger partial charge is 0.480 e. The molecule has 1 aliphatic carbocycles. The van der Waals surface area contributed by atoms with Crippen molar-refractivity contribution in [2.75, 3.05) is 6.61 Å². The van der Waals surface area contributed by atoms with Gasteiger partial charge in [0.1, 0.15) is 12.6 Å². The summed E-state index contributed by atoms with van der Waals surface area (Å²) in [4.78, 5) is 24.0. The summed E-state index contributed by atoms with van der Waals surface area (Å²) in [5.41, 5.74) is 3.28. The zero-order valence-electron chi connectivity index (χ0n) is 18.0. The van der Waals surface area contributed by atoms with Crippen LogP contribution in [-0.4, -0.2) is 29.8 Å². The lowest BCUT2D eigenvalue weighted by Gasteiger charge is -2.18. The van der Waals surface area contributed by atoms with Crippen molar-refractivity contribution in [3.05, 3.63) is 95.1 Å². The Bertz CT molecular complexity index is 1160. The van der Waals surface area contributed by atoms with Crippen LogP contribution in [0.25, 0.3) is 11.1 Å². The number of amides is 1. The minimum absolute atomic E-state index is 0.00308. The fourth-order valence-corrected chi connectivity index (χ4v) is 4.35. The van der Waals surface area contributed by atoms with Crippen LogP contribution in [0.2, 0.25) is 0 Å². The molecular formula is C26H22F3NO4. The second-order valence-electron chi connectivity index (χ2n) is 8.05. The van der Waals surface area contributed by atoms with Crippen LogP contribution in [0.15, 0.2) is 72.8 Å². The van der Waals surface area contributed by atoms with Crippen molar-refractivity contribution in [1.29, 1.82) is 0 Å². The number of aryl methyl sites for hydroxylation is 1. The van der Waals surface area contributed by atoms with E-state index in [0.717, 1.165) is 28.3 Å². The number of nitrogens with one attached hydrogen (secondary N) is 1. The molecule has 0 aromatic heterocycles. The maximum atomic E-state index is 13.2. The summed E-state index contributed by atoms with van der Waals surface area (Å²) in [7, 11) is 0. The molecule has 8 heteroatoms. The fourth-order valence-electron chi connectivity index (χ4n) is 4.35. The van der Waals surface area contributed by atoms with Crippen LogP contribution >= 0.6 is 0 Å². The lowest BCUT2D eigenvalue weighted by Crippen LogP contribution is -2.41. The lowest BCUT2D eigenvalue weighted by molar-refractivity contribution is -0.139. The monoisotopic (exact) mass is 469 g/mol. The number of halogens is 3. The van der Waals surface area contributed by atoms with Crippen molar-refractivity contribution in [2.24, 2.45) is 0 Å². The summed E-state index contributed by atoms with van der Waals surface area (Å²) in [5.74, 6) is -1.54. The molecule has 0 unspecified atom stereocenters. The van der Waals surface area contributed by atoms with E-state index < -0.39 is 29.8 Å². The van der Waals surface area contributed by atoms with Gasteiger partial charge in [0, 0.05) is 5.92 Å². The second-order valence-corrected chi connectivity index (χ2v) is 8.05. The molecule has 0 saturated heterocycles. The second kappa shape index (κ2) is 9.59. The molecule has 0 heterocycles. The number of carboxylic acids is 1. The molecule has 5 nitrogen and oxygen atoms in total. The summed E-state index contributed by atoms with van der Waals surface area (Å²) in [5, 5.41) is 11.8. The highest BCUT2D eigenvalue weighted by atomic mass is 19.4. The van der Waals surface area contributed by atoms with Gasteiger partial charge in [0.15, 0.2) is 0 Å². The third-order valence-corrected chi connectivity index (χ3v) is 5.96. The maximum absolute atomic E-state index is 13.2. The number of hydrogen-bond donors (Lipinski definition) is 2. The average Bonchev–Trinajstić information content (AvgIpc) is 3.13. The predicted octanol–water partition coefficient (Wildman–Crippen LogP) is 5.63. The third kappa shape index (κ3) is 4.90. The van der Waals surface area contributed by atoms with E-state index in [2.05, 4.69) is 5.32 Å². The zero-order valence-corrected chi connectivity index (χ0v) is 18.0. The molecule has 0 spiro atoms. The molecule has 176 valence electrons. The van der Waals surface area contributed by atoms with Gasteiger partial charge in [-0.25, -0.2) is 9.59 Å². The van der Waals surface area contributed by atoms with Gasteiger partial charge >= 0.3 is 18.2 Å². The summed E-state index contributed by atoms with van der Waals surface area (Å²) in [6.07, 6.45) is -5.86. The van der Waals surface area contributed by atoms with Crippen LogP contribution in [-0.2, 0) is 22.1 Å². The summed E-state index contributed by atoms with van der Waals surface area (Å²) >= 11 is 0. The van der Waals surface area contributed by atoms with Crippen molar-refractivity contribution in [3.8, 4) is 11.1 Å². The number of alkyl carbamates (subject to hydrolysis) is 1. The summed E-state index contributed by atoms with van der Waals surface area (Å²) in [6, 6.07) is 19.2. The predicted molar refractivity (Wildman–Crippen MR) is 119 cm³/mol. The lowest BCUT2D eigenvalue weighted by atomic mass is 9.98. The number of rotatable bonds is 7. The molecular weight excluding hydrogens is 447 g/mol. The van der Waals surface area contributed by atoms with Gasteiger partial charge in [-0.15, -0.1) is 0 Å². The standard InChI is InChI=1S/C26H22F3NO4/c27-26(28,29)22-12-6-1-7-16(22)13-14-23(24(31)32)30-25(33)34-15-21-19-10-4-2-8-17(19)18-9-3-5-11-20(18)21/h1-12,21,23H,13-15H2,(H,30,33)(H,31,32)/t23-/m0/s1. The van der Waals surface area contributed by atoms with E-state index in [0.29, 0.717) is 0 Å². The molecule has 0 bridgehead atoms. The van der Waals surface area contributed by atoms with E-state index in [9.17, 15) is 27.9 Å². The molecule has 0 fully saturated rings. The van der Waals surface area contributed by atoms with Crippen molar-refractivity contribution < 1.29 is 32.6 Å². The average molecular weight is 469 g/mol. The molecule has 1 atom stereocenters. The first-order valence-corrected chi connectivity index (χ1v) is 10.7. The van der Waals surface area contributed by atoms with Gasteiger partial charge in [-0.05, 0) is 46.7 Å². The van der Waals surface area contributed by atoms with Crippen LogP contribution in [0.4, 0.5) is 18.0 Å². The number of alkyl halides is 3. The van der Waals surface area contributed by atoms with Crippen molar-refractivity contribution >= 4 is 12.1 Å². The van der Waals surface area contributed by atoms with Gasteiger partial charge in [-0.1, -0.05) is 66.7 Å². The minimum Gasteiger partial charge on any atom is -0.480 e. The molecule has 1 aliphatic rings. The first-order valence-electron chi connectivity index (χ1n) is 10.7. The number of ether oxygens (including phenoxy) is 1. The first-order chi connectivity index (χ1) is 16.3. The van der Waals surface area contributed by atoms with Crippen LogP contribution in [0.3, 0.4) is 0 Å². The van der Waals surface area contributed by atoms with Crippen LogP contribution in [0.5, 0.6) is 0 Å². The topological polar surface area (TPSA) is 75.6 Å². The number of carbonyl (C=O) groups excluding carboxylic acids is 1. The third-order valence-electron chi connectivity index (χ3n) is 5.96. The Morgan fingerprint density at radius 3 is 2.06 bits per heavy atom. The Balaban J connectivity index is 1.40.